The van der Waals surface area contributed by atoms with Gasteiger partial charge in [-0.25, -0.2) is 9.97 Å². The average molecular weight is 385 g/mol. The molecule has 1 saturated carbocycles. The predicted molar refractivity (Wildman–Crippen MR) is 106 cm³/mol. The molecule has 5 N–H and O–H groups in total. The monoisotopic (exact) mass is 385 g/mol. The highest BCUT2D eigenvalue weighted by Crippen LogP contribution is 2.37. The van der Waals surface area contributed by atoms with Crippen molar-refractivity contribution in [1.29, 1.82) is 5.26 Å². The molecule has 2 heterocycles. The first-order valence-electron chi connectivity index (χ1n) is 8.85. The van der Waals surface area contributed by atoms with Crippen molar-refractivity contribution >= 4 is 35.1 Å². The second-order valence-electron chi connectivity index (χ2n) is 6.69. The van der Waals surface area contributed by atoms with Gasteiger partial charge in [-0.1, -0.05) is 24.6 Å². The van der Waals surface area contributed by atoms with E-state index < -0.39 is 0 Å². The predicted octanol–water partition coefficient (Wildman–Crippen LogP) is 2.78. The van der Waals surface area contributed by atoms with Crippen LogP contribution in [-0.2, 0) is 4.79 Å². The first-order chi connectivity index (χ1) is 12.9. The molecule has 2 aromatic rings. The van der Waals surface area contributed by atoms with Crippen LogP contribution < -0.4 is 16.8 Å². The number of nitrogens with one attached hydrogen (secondary N) is 1. The molecule has 0 atom stereocenters. The minimum Gasteiger partial charge on any atom is -0.383 e. The number of carbonyl (C=O) groups is 1. The van der Waals surface area contributed by atoms with Crippen molar-refractivity contribution < 1.29 is 4.79 Å². The fourth-order valence-corrected chi connectivity index (χ4v) is 4.20. The van der Waals surface area contributed by atoms with Gasteiger partial charge >= 0.3 is 0 Å². The number of thioether (sulfide) groups is 1. The van der Waals surface area contributed by atoms with Gasteiger partial charge in [-0.05, 0) is 32.3 Å². The molecule has 27 heavy (non-hydrogen) atoms. The van der Waals surface area contributed by atoms with Gasteiger partial charge in [0.15, 0.2) is 5.16 Å². The van der Waals surface area contributed by atoms with Gasteiger partial charge in [-0.2, -0.15) is 5.26 Å². The number of nitrogen functional groups attached to an aromatic ring is 2. The van der Waals surface area contributed by atoms with E-state index in [2.05, 4.69) is 25.9 Å². The summed E-state index contributed by atoms with van der Waals surface area (Å²) in [4.78, 5) is 20.7. The number of aromatic nitrogens is 3. The van der Waals surface area contributed by atoms with Gasteiger partial charge < -0.3 is 21.4 Å². The van der Waals surface area contributed by atoms with Crippen LogP contribution in [0.5, 0.6) is 0 Å². The van der Waals surface area contributed by atoms with E-state index in [1.807, 2.05) is 13.8 Å². The topological polar surface area (TPSA) is 136 Å². The zero-order valence-electron chi connectivity index (χ0n) is 15.5. The molecule has 0 radical (unpaired) electrons. The van der Waals surface area contributed by atoms with E-state index in [1.54, 1.807) is 0 Å². The van der Waals surface area contributed by atoms with Crippen LogP contribution in [0.15, 0.2) is 11.2 Å². The van der Waals surface area contributed by atoms with Crippen molar-refractivity contribution in [2.45, 2.75) is 50.7 Å². The first-order valence-corrected chi connectivity index (χ1v) is 9.83. The molecule has 1 aliphatic carbocycles. The van der Waals surface area contributed by atoms with Gasteiger partial charge in [-0.3, -0.25) is 4.79 Å². The molecule has 0 bridgehead atoms. The summed E-state index contributed by atoms with van der Waals surface area (Å²) in [6.07, 6.45) is 4.46. The first kappa shape index (κ1) is 19.0. The fourth-order valence-electron chi connectivity index (χ4n) is 3.53. The van der Waals surface area contributed by atoms with Crippen LogP contribution in [0.2, 0.25) is 0 Å². The SMILES string of the molecule is Cc1c(C#N)c(NC(=O)CSc2nc(N)cc(N)n2)n(C2CCCC2)c1C. The van der Waals surface area contributed by atoms with Gasteiger partial charge in [0.1, 0.15) is 23.5 Å². The third kappa shape index (κ3) is 4.01. The van der Waals surface area contributed by atoms with Gasteiger partial charge in [-0.15, -0.1) is 0 Å². The third-order valence-corrected chi connectivity index (χ3v) is 5.74. The summed E-state index contributed by atoms with van der Waals surface area (Å²) >= 11 is 1.15. The summed E-state index contributed by atoms with van der Waals surface area (Å²) in [6, 6.07) is 4.03. The molecule has 0 unspecified atom stereocenters. The lowest BCUT2D eigenvalue weighted by Gasteiger charge is -2.19. The molecule has 0 spiro atoms. The zero-order chi connectivity index (χ0) is 19.6. The molecule has 1 amide bonds. The highest BCUT2D eigenvalue weighted by Gasteiger charge is 2.26. The Morgan fingerprint density at radius 1 is 1.33 bits per heavy atom. The molecule has 1 fully saturated rings. The molecular weight excluding hydrogens is 362 g/mol. The largest absolute Gasteiger partial charge is 0.383 e. The zero-order valence-corrected chi connectivity index (χ0v) is 16.3. The van der Waals surface area contributed by atoms with Gasteiger partial charge in [0.05, 0.1) is 11.3 Å². The van der Waals surface area contributed by atoms with E-state index in [1.165, 1.54) is 18.9 Å². The Kier molecular flexibility index (Phi) is 5.56. The van der Waals surface area contributed by atoms with Crippen molar-refractivity contribution in [3.05, 3.63) is 22.9 Å². The maximum absolute atomic E-state index is 12.5. The summed E-state index contributed by atoms with van der Waals surface area (Å²) in [5.41, 5.74) is 13.8. The molecule has 8 nitrogen and oxygen atoms in total. The number of hydrogen-bond acceptors (Lipinski definition) is 7. The van der Waals surface area contributed by atoms with Crippen LogP contribution in [0.4, 0.5) is 17.5 Å². The normalized spacial score (nSPS) is 14.3. The summed E-state index contributed by atoms with van der Waals surface area (Å²) < 4.78 is 2.12. The van der Waals surface area contributed by atoms with Gasteiger partial charge in [0, 0.05) is 17.8 Å². The van der Waals surface area contributed by atoms with Crippen LogP contribution in [0.3, 0.4) is 0 Å². The molecule has 0 aromatic carbocycles. The van der Waals surface area contributed by atoms with Crippen LogP contribution in [0, 0.1) is 25.2 Å². The smallest absolute Gasteiger partial charge is 0.235 e. The van der Waals surface area contributed by atoms with Gasteiger partial charge in [0.25, 0.3) is 0 Å². The lowest BCUT2D eigenvalue weighted by atomic mass is 10.2. The van der Waals surface area contributed by atoms with E-state index >= 15 is 0 Å². The van der Waals surface area contributed by atoms with E-state index in [-0.39, 0.29) is 23.3 Å². The number of carbonyl (C=O) groups excluding carboxylic acids is 1. The molecule has 9 heteroatoms. The van der Waals surface area contributed by atoms with Crippen molar-refractivity contribution in [1.82, 2.24) is 14.5 Å². The van der Waals surface area contributed by atoms with Gasteiger partial charge in [0.2, 0.25) is 5.91 Å². The van der Waals surface area contributed by atoms with Crippen LogP contribution in [0.1, 0.15) is 48.5 Å². The molecular formula is C18H23N7OS. The Morgan fingerprint density at radius 3 is 2.56 bits per heavy atom. The maximum atomic E-state index is 12.5. The number of nitrogens with two attached hydrogens (primary N) is 2. The van der Waals surface area contributed by atoms with Crippen LogP contribution >= 0.6 is 11.8 Å². The van der Waals surface area contributed by atoms with Crippen molar-refractivity contribution in [3.63, 3.8) is 0 Å². The minimum atomic E-state index is -0.224. The summed E-state index contributed by atoms with van der Waals surface area (Å²) in [5.74, 6) is 0.995. The van der Waals surface area contributed by atoms with Crippen LogP contribution in [-0.4, -0.2) is 26.2 Å². The second-order valence-corrected chi connectivity index (χ2v) is 7.63. The van der Waals surface area contributed by atoms with E-state index in [0.717, 1.165) is 35.9 Å². The fraction of sp³-hybridized carbons (Fsp3) is 0.444. The highest BCUT2D eigenvalue weighted by molar-refractivity contribution is 7.99. The Balaban J connectivity index is 1.79. The van der Waals surface area contributed by atoms with Crippen molar-refractivity contribution in [2.75, 3.05) is 22.5 Å². The third-order valence-electron chi connectivity index (χ3n) is 4.89. The number of rotatable bonds is 5. The van der Waals surface area contributed by atoms with E-state index in [9.17, 15) is 10.1 Å². The Bertz CT molecular complexity index is 889. The molecule has 1 aliphatic rings. The van der Waals surface area contributed by atoms with E-state index in [4.69, 9.17) is 11.5 Å². The highest BCUT2D eigenvalue weighted by atomic mass is 32.2. The molecule has 0 aliphatic heterocycles. The lowest BCUT2D eigenvalue weighted by molar-refractivity contribution is -0.113. The maximum Gasteiger partial charge on any atom is 0.235 e. The average Bonchev–Trinajstić information content (AvgIpc) is 3.20. The summed E-state index contributed by atoms with van der Waals surface area (Å²) in [6.45, 7) is 3.93. The quantitative estimate of drug-likeness (QED) is 0.532. The van der Waals surface area contributed by atoms with Crippen molar-refractivity contribution in [3.8, 4) is 6.07 Å². The summed E-state index contributed by atoms with van der Waals surface area (Å²) in [7, 11) is 0. The minimum absolute atomic E-state index is 0.0989. The Morgan fingerprint density at radius 2 is 1.96 bits per heavy atom. The Hall–Kier alpha value is -2.73. The molecule has 142 valence electrons. The van der Waals surface area contributed by atoms with E-state index in [0.29, 0.717) is 22.6 Å². The Labute approximate surface area is 162 Å². The number of nitrogens with zero attached hydrogens (tertiary/aromatic N) is 4. The number of amides is 1. The standard InChI is InChI=1S/C18H23N7OS/c1-10-11(2)25(12-5-3-4-6-12)17(13(10)8-19)24-16(26)9-27-18-22-14(20)7-15(21)23-18/h7,12H,3-6,9H2,1-2H3,(H,24,26)(H4,20,21,22,23). The molecule has 0 saturated heterocycles. The molecule has 3 rings (SSSR count). The number of nitriles is 1. The molecule has 2 aromatic heterocycles. The lowest BCUT2D eigenvalue weighted by Crippen LogP contribution is -2.20. The summed E-state index contributed by atoms with van der Waals surface area (Å²) in [5, 5.41) is 12.9. The number of anilines is 3. The second kappa shape index (κ2) is 7.88. The number of hydrogen-bond donors (Lipinski definition) is 3. The van der Waals surface area contributed by atoms with Crippen LogP contribution in [0.25, 0.3) is 0 Å². The van der Waals surface area contributed by atoms with Crippen molar-refractivity contribution in [2.24, 2.45) is 0 Å².